The number of ether oxygens (including phenoxy) is 1. The lowest BCUT2D eigenvalue weighted by Gasteiger charge is -2.32. The van der Waals surface area contributed by atoms with Gasteiger partial charge in [-0.15, -0.1) is 0 Å². The molecule has 1 amide bonds. The molecule has 7 nitrogen and oxygen atoms in total. The highest BCUT2D eigenvalue weighted by Gasteiger charge is 2.26. The largest absolute Gasteiger partial charge is 0.508 e. The summed E-state index contributed by atoms with van der Waals surface area (Å²) in [6.07, 6.45) is 6.54. The number of carbonyl (C=O) groups is 1. The van der Waals surface area contributed by atoms with Crippen LogP contribution in [-0.2, 0) is 4.79 Å². The van der Waals surface area contributed by atoms with Crippen molar-refractivity contribution in [2.45, 2.75) is 39.7 Å². The summed E-state index contributed by atoms with van der Waals surface area (Å²) >= 11 is 6.57. The first-order valence-corrected chi connectivity index (χ1v) is 12.5. The van der Waals surface area contributed by atoms with Crippen LogP contribution in [0.5, 0.6) is 6.01 Å². The molecule has 0 radical (unpaired) electrons. The van der Waals surface area contributed by atoms with Crippen molar-refractivity contribution in [3.8, 4) is 17.3 Å². The number of aromatic amines is 1. The molecule has 0 unspecified atom stereocenters. The van der Waals surface area contributed by atoms with Crippen LogP contribution in [0.1, 0.15) is 39.2 Å². The van der Waals surface area contributed by atoms with Gasteiger partial charge in [0.05, 0.1) is 16.2 Å². The monoisotopic (exact) mass is 506 g/mol. The molecule has 8 heteroatoms. The summed E-state index contributed by atoms with van der Waals surface area (Å²) in [7, 11) is 0. The Kier molecular flexibility index (Phi) is 7.79. The molecule has 4 rings (SSSR count). The topological polar surface area (TPSA) is 91.3 Å². The summed E-state index contributed by atoms with van der Waals surface area (Å²) in [6, 6.07) is 9.82. The Hall–Kier alpha value is -3.58. The number of benzene rings is 1. The van der Waals surface area contributed by atoms with Gasteiger partial charge in [-0.2, -0.15) is 4.98 Å². The molecular weight excluding hydrogens is 476 g/mol. The zero-order valence-electron chi connectivity index (χ0n) is 20.8. The number of aliphatic hydroxyl groups excluding tert-OH is 1. The molecule has 1 saturated heterocycles. The van der Waals surface area contributed by atoms with Gasteiger partial charge in [0.1, 0.15) is 11.9 Å². The molecule has 2 aromatic heterocycles. The van der Waals surface area contributed by atoms with E-state index in [2.05, 4.69) is 21.5 Å². The fourth-order valence-corrected chi connectivity index (χ4v) is 4.54. The van der Waals surface area contributed by atoms with E-state index >= 15 is 0 Å². The number of likely N-dealkylation sites (tertiary alicyclic amines) is 1. The Labute approximate surface area is 216 Å². The lowest BCUT2D eigenvalue weighted by molar-refractivity contribution is -0.136. The number of piperidine rings is 1. The molecular formula is C28H31ClN4O3. The quantitative estimate of drug-likeness (QED) is 0.288. The number of nitrogens with zero attached hydrogens (tertiary/aromatic N) is 3. The second-order valence-corrected chi connectivity index (χ2v) is 9.50. The molecule has 188 valence electrons. The molecule has 0 spiro atoms. The van der Waals surface area contributed by atoms with E-state index in [0.29, 0.717) is 46.6 Å². The van der Waals surface area contributed by atoms with Gasteiger partial charge in [-0.1, -0.05) is 68.4 Å². The smallest absolute Gasteiger partial charge is 0.296 e. The van der Waals surface area contributed by atoms with E-state index in [1.165, 1.54) is 0 Å². The number of H-pyrrole nitrogens is 1. The van der Waals surface area contributed by atoms with E-state index in [1.807, 2.05) is 43.0 Å². The Morgan fingerprint density at radius 2 is 1.94 bits per heavy atom. The summed E-state index contributed by atoms with van der Waals surface area (Å²) in [5.41, 5.74) is 4.18. The maximum absolute atomic E-state index is 12.2. The van der Waals surface area contributed by atoms with Crippen LogP contribution in [0.25, 0.3) is 28.0 Å². The van der Waals surface area contributed by atoms with Gasteiger partial charge < -0.3 is 19.7 Å². The number of carbonyl (C=O) groups excluding carboxylic acids is 1. The highest BCUT2D eigenvalue weighted by atomic mass is 35.5. The normalized spacial score (nSPS) is 15.5. The fourth-order valence-electron chi connectivity index (χ4n) is 4.28. The zero-order valence-corrected chi connectivity index (χ0v) is 21.5. The van der Waals surface area contributed by atoms with Gasteiger partial charge in [0.15, 0.2) is 5.65 Å². The third kappa shape index (κ3) is 5.46. The van der Waals surface area contributed by atoms with Crippen molar-refractivity contribution in [2.75, 3.05) is 13.1 Å². The molecule has 1 aliphatic rings. The zero-order chi connectivity index (χ0) is 25.8. The molecule has 0 aliphatic carbocycles. The van der Waals surface area contributed by atoms with Crippen LogP contribution < -0.4 is 4.74 Å². The Morgan fingerprint density at radius 1 is 1.25 bits per heavy atom. The van der Waals surface area contributed by atoms with Crippen LogP contribution in [0.3, 0.4) is 0 Å². The average molecular weight is 507 g/mol. The van der Waals surface area contributed by atoms with Crippen LogP contribution >= 0.6 is 11.6 Å². The third-order valence-electron chi connectivity index (χ3n) is 6.23. The van der Waals surface area contributed by atoms with Crippen LogP contribution in [0.15, 0.2) is 60.9 Å². The molecule has 1 aromatic carbocycles. The van der Waals surface area contributed by atoms with Crippen molar-refractivity contribution in [3.05, 3.63) is 71.5 Å². The van der Waals surface area contributed by atoms with E-state index in [-0.39, 0.29) is 23.7 Å². The molecule has 3 heterocycles. The maximum Gasteiger partial charge on any atom is 0.296 e. The van der Waals surface area contributed by atoms with Gasteiger partial charge in [0, 0.05) is 43.0 Å². The van der Waals surface area contributed by atoms with Gasteiger partial charge in [-0.05, 0) is 24.6 Å². The standard InChI is InChI=1S/C28H31ClN4O3/c1-5-7-21(24(34)6-2)18-8-10-19(11-9-18)25-22(29)16-23-26(31-25)32-28(30-23)36-20-12-14-33(15-13-20)27(35)17(3)4/h5-11,16-17,20,34H,1,12-15H2,2-4H3,(H,30,31,32)/b21-7-,24-6+. The predicted molar refractivity (Wildman–Crippen MR) is 144 cm³/mol. The first-order chi connectivity index (χ1) is 17.3. The number of amides is 1. The van der Waals surface area contributed by atoms with Crippen molar-refractivity contribution in [1.29, 1.82) is 0 Å². The molecule has 1 aliphatic heterocycles. The molecule has 0 bridgehead atoms. The minimum absolute atomic E-state index is 0.00468. The summed E-state index contributed by atoms with van der Waals surface area (Å²) in [6.45, 7) is 10.7. The van der Waals surface area contributed by atoms with E-state index in [4.69, 9.17) is 16.3 Å². The minimum Gasteiger partial charge on any atom is -0.508 e. The molecule has 36 heavy (non-hydrogen) atoms. The number of pyridine rings is 1. The SMILES string of the molecule is C=C/C=C(\C(O)=C/C)c1ccc(-c2nc3nc(OC4CCN(C(=O)C(C)C)CC4)[nH]c3cc2Cl)cc1. The molecule has 0 saturated carbocycles. The number of fused-ring (bicyclic) bond motifs is 1. The van der Waals surface area contributed by atoms with Crippen LogP contribution in [0.2, 0.25) is 5.02 Å². The summed E-state index contributed by atoms with van der Waals surface area (Å²) in [5, 5.41) is 10.7. The molecule has 3 aromatic rings. The molecule has 1 fully saturated rings. The van der Waals surface area contributed by atoms with Crippen molar-refractivity contribution in [2.24, 2.45) is 5.92 Å². The van der Waals surface area contributed by atoms with Gasteiger partial charge in [0.25, 0.3) is 6.01 Å². The van der Waals surface area contributed by atoms with Crippen molar-refractivity contribution < 1.29 is 14.6 Å². The number of aromatic nitrogens is 3. The maximum atomic E-state index is 12.2. The number of aliphatic hydroxyl groups is 1. The Morgan fingerprint density at radius 3 is 2.56 bits per heavy atom. The molecule has 0 atom stereocenters. The highest BCUT2D eigenvalue weighted by Crippen LogP contribution is 2.31. The second kappa shape index (κ2) is 11.0. The van der Waals surface area contributed by atoms with Gasteiger partial charge >= 0.3 is 0 Å². The first-order valence-electron chi connectivity index (χ1n) is 12.1. The average Bonchev–Trinajstić information content (AvgIpc) is 3.27. The van der Waals surface area contributed by atoms with E-state index in [9.17, 15) is 9.90 Å². The third-order valence-corrected chi connectivity index (χ3v) is 6.52. The van der Waals surface area contributed by atoms with Crippen molar-refractivity contribution >= 4 is 34.2 Å². The van der Waals surface area contributed by atoms with Crippen molar-refractivity contribution in [1.82, 2.24) is 19.9 Å². The van der Waals surface area contributed by atoms with Gasteiger partial charge in [-0.3, -0.25) is 4.79 Å². The van der Waals surface area contributed by atoms with Crippen LogP contribution in [0, 0.1) is 5.92 Å². The summed E-state index contributed by atoms with van der Waals surface area (Å²) in [5.74, 6) is 0.370. The first kappa shape index (κ1) is 25.5. The number of imidazole rings is 1. The lowest BCUT2D eigenvalue weighted by Crippen LogP contribution is -2.43. The lowest BCUT2D eigenvalue weighted by atomic mass is 10.0. The predicted octanol–water partition coefficient (Wildman–Crippen LogP) is 6.34. The molecule has 2 N–H and O–H groups in total. The number of allylic oxidation sites excluding steroid dienone is 4. The van der Waals surface area contributed by atoms with E-state index < -0.39 is 0 Å². The highest BCUT2D eigenvalue weighted by molar-refractivity contribution is 6.33. The summed E-state index contributed by atoms with van der Waals surface area (Å²) < 4.78 is 6.08. The Bertz CT molecular complexity index is 1320. The van der Waals surface area contributed by atoms with Crippen LogP contribution in [-0.4, -0.2) is 50.1 Å². The van der Waals surface area contributed by atoms with E-state index in [1.54, 1.807) is 31.2 Å². The number of halogens is 1. The van der Waals surface area contributed by atoms with E-state index in [0.717, 1.165) is 24.0 Å². The Balaban J connectivity index is 1.51. The minimum atomic E-state index is -0.0179. The number of rotatable bonds is 7. The number of nitrogens with one attached hydrogen (secondary N) is 1. The van der Waals surface area contributed by atoms with Crippen LogP contribution in [0.4, 0.5) is 0 Å². The van der Waals surface area contributed by atoms with Gasteiger partial charge in [-0.25, -0.2) is 4.98 Å². The second-order valence-electron chi connectivity index (χ2n) is 9.10. The summed E-state index contributed by atoms with van der Waals surface area (Å²) in [4.78, 5) is 26.5. The van der Waals surface area contributed by atoms with Crippen molar-refractivity contribution in [3.63, 3.8) is 0 Å². The number of hydrogen-bond donors (Lipinski definition) is 2. The number of hydrogen-bond acceptors (Lipinski definition) is 5. The van der Waals surface area contributed by atoms with Gasteiger partial charge in [0.2, 0.25) is 5.91 Å². The fraction of sp³-hybridized carbons (Fsp3) is 0.321.